The van der Waals surface area contributed by atoms with Crippen LogP contribution >= 0.6 is 0 Å². The van der Waals surface area contributed by atoms with Gasteiger partial charge in [-0.15, -0.1) is 0 Å². The molecule has 1 aliphatic heterocycles. The molecule has 4 rings (SSSR count). The Morgan fingerprint density at radius 1 is 0.682 bits per heavy atom. The molecule has 0 fully saturated rings. The van der Waals surface area contributed by atoms with Crippen molar-refractivity contribution >= 4 is 29.2 Å². The zero-order valence-corrected chi connectivity index (χ0v) is 12.1. The summed E-state index contributed by atoms with van der Waals surface area (Å²) in [5, 5.41) is 3.53. The minimum absolute atomic E-state index is 0.798. The fourth-order valence-corrected chi connectivity index (χ4v) is 2.82. The summed E-state index contributed by atoms with van der Waals surface area (Å²) >= 11 is 0. The molecule has 3 aromatic carbocycles. The van der Waals surface area contributed by atoms with Crippen molar-refractivity contribution in [3.05, 3.63) is 77.9 Å². The first-order chi connectivity index (χ1) is 10.8. The Labute approximate surface area is 129 Å². The molecule has 0 aliphatic carbocycles. The number of nitrogens with one attached hydrogen (secondary N) is 1. The summed E-state index contributed by atoms with van der Waals surface area (Å²) in [6.45, 7) is 0. The number of para-hydroxylation sites is 2. The van der Waals surface area contributed by atoms with Crippen molar-refractivity contribution in [3.63, 3.8) is 0 Å². The third kappa shape index (κ3) is 2.15. The summed E-state index contributed by atoms with van der Waals surface area (Å²) in [6.07, 6.45) is 4.29. The molecule has 3 N–H and O–H groups in total. The number of hydrogen-bond acceptors (Lipinski definition) is 2. The molecule has 2 nitrogen and oxygen atoms in total. The summed E-state index contributed by atoms with van der Waals surface area (Å²) in [5.74, 6) is 0. The Bertz CT molecular complexity index is 878. The monoisotopic (exact) mass is 284 g/mol. The van der Waals surface area contributed by atoms with Gasteiger partial charge in [0.1, 0.15) is 0 Å². The van der Waals surface area contributed by atoms with Crippen LogP contribution in [0.3, 0.4) is 0 Å². The van der Waals surface area contributed by atoms with Gasteiger partial charge in [0.2, 0.25) is 0 Å². The second kappa shape index (κ2) is 5.08. The van der Waals surface area contributed by atoms with Gasteiger partial charge in [0.05, 0.1) is 0 Å². The van der Waals surface area contributed by atoms with E-state index in [1.54, 1.807) is 0 Å². The molecule has 3 aromatic rings. The molecule has 0 spiro atoms. The average Bonchev–Trinajstić information content (AvgIpc) is 2.73. The van der Waals surface area contributed by atoms with Gasteiger partial charge in [-0.1, -0.05) is 60.7 Å². The van der Waals surface area contributed by atoms with Crippen LogP contribution in [0.1, 0.15) is 11.1 Å². The normalized spacial score (nSPS) is 12.0. The number of fused-ring (bicyclic) bond motifs is 2. The molecule has 0 saturated heterocycles. The van der Waals surface area contributed by atoms with Crippen LogP contribution in [-0.2, 0) is 0 Å². The molecule has 2 heteroatoms. The van der Waals surface area contributed by atoms with Gasteiger partial charge < -0.3 is 11.1 Å². The lowest BCUT2D eigenvalue weighted by atomic mass is 10.0. The van der Waals surface area contributed by atoms with E-state index in [2.05, 4.69) is 59.9 Å². The Balaban J connectivity index is 1.83. The van der Waals surface area contributed by atoms with Crippen LogP contribution in [0.25, 0.3) is 23.3 Å². The second-order valence-electron chi connectivity index (χ2n) is 5.43. The van der Waals surface area contributed by atoms with E-state index < -0.39 is 0 Å². The molecule has 1 aliphatic rings. The summed E-state index contributed by atoms with van der Waals surface area (Å²) < 4.78 is 0. The van der Waals surface area contributed by atoms with Crippen molar-refractivity contribution in [2.75, 3.05) is 11.1 Å². The van der Waals surface area contributed by atoms with Crippen LogP contribution < -0.4 is 11.1 Å². The maximum absolute atomic E-state index is 6.10. The van der Waals surface area contributed by atoms with Gasteiger partial charge in [-0.05, 0) is 34.9 Å². The second-order valence-corrected chi connectivity index (χ2v) is 5.43. The lowest BCUT2D eigenvalue weighted by Gasteiger charge is -2.12. The van der Waals surface area contributed by atoms with E-state index in [0.29, 0.717) is 0 Å². The smallest absolute Gasteiger partial charge is 0.0464 e. The predicted octanol–water partition coefficient (Wildman–Crippen LogP) is 5.16. The fraction of sp³-hybridized carbons (Fsp3) is 0. The maximum Gasteiger partial charge on any atom is 0.0464 e. The highest BCUT2D eigenvalue weighted by Gasteiger charge is 2.10. The Kier molecular flexibility index (Phi) is 2.94. The molecule has 0 unspecified atom stereocenters. The van der Waals surface area contributed by atoms with Gasteiger partial charge in [0.25, 0.3) is 0 Å². The largest absolute Gasteiger partial charge is 0.398 e. The minimum Gasteiger partial charge on any atom is -0.398 e. The first-order valence-corrected chi connectivity index (χ1v) is 7.34. The van der Waals surface area contributed by atoms with E-state index in [1.807, 2.05) is 24.3 Å². The van der Waals surface area contributed by atoms with Crippen molar-refractivity contribution in [1.29, 1.82) is 0 Å². The molecule has 0 amide bonds. The maximum atomic E-state index is 6.10. The fourth-order valence-electron chi connectivity index (χ4n) is 2.82. The average molecular weight is 284 g/mol. The molecular formula is C20H16N2. The van der Waals surface area contributed by atoms with Crippen molar-refractivity contribution in [1.82, 2.24) is 0 Å². The van der Waals surface area contributed by atoms with E-state index in [1.165, 1.54) is 11.1 Å². The highest BCUT2D eigenvalue weighted by molar-refractivity contribution is 5.90. The molecule has 0 bridgehead atoms. The molecule has 0 atom stereocenters. The number of benzene rings is 3. The Morgan fingerprint density at radius 2 is 1.41 bits per heavy atom. The molecule has 0 radical (unpaired) electrons. The molecule has 106 valence electrons. The van der Waals surface area contributed by atoms with Crippen LogP contribution in [0.2, 0.25) is 0 Å². The van der Waals surface area contributed by atoms with Crippen LogP contribution in [0.5, 0.6) is 0 Å². The zero-order valence-electron chi connectivity index (χ0n) is 12.1. The van der Waals surface area contributed by atoms with Gasteiger partial charge in [-0.3, -0.25) is 0 Å². The SMILES string of the molecule is Nc1ccccc1-c1ccc2c(c1)Nc1ccccc1C=C2. The van der Waals surface area contributed by atoms with E-state index in [9.17, 15) is 0 Å². The number of rotatable bonds is 1. The zero-order chi connectivity index (χ0) is 14.9. The van der Waals surface area contributed by atoms with Crippen molar-refractivity contribution < 1.29 is 0 Å². The van der Waals surface area contributed by atoms with E-state index >= 15 is 0 Å². The van der Waals surface area contributed by atoms with Crippen LogP contribution in [0.4, 0.5) is 17.1 Å². The number of hydrogen-bond donors (Lipinski definition) is 2. The molecular weight excluding hydrogens is 268 g/mol. The topological polar surface area (TPSA) is 38.0 Å². The van der Waals surface area contributed by atoms with Gasteiger partial charge in [0.15, 0.2) is 0 Å². The highest BCUT2D eigenvalue weighted by atomic mass is 14.9. The quantitative estimate of drug-likeness (QED) is 0.474. The summed E-state index contributed by atoms with van der Waals surface area (Å²) in [7, 11) is 0. The number of nitrogens with two attached hydrogens (primary N) is 1. The molecule has 0 aromatic heterocycles. The minimum atomic E-state index is 0.798. The third-order valence-corrected chi connectivity index (χ3v) is 4.00. The molecule has 22 heavy (non-hydrogen) atoms. The summed E-state index contributed by atoms with van der Waals surface area (Å²) in [6, 6.07) is 22.7. The van der Waals surface area contributed by atoms with Crippen LogP contribution in [0, 0.1) is 0 Å². The molecule has 1 heterocycles. The number of nitrogen functional groups attached to an aromatic ring is 1. The Morgan fingerprint density at radius 3 is 2.27 bits per heavy atom. The van der Waals surface area contributed by atoms with Crippen LogP contribution in [-0.4, -0.2) is 0 Å². The van der Waals surface area contributed by atoms with E-state index in [4.69, 9.17) is 5.73 Å². The van der Waals surface area contributed by atoms with Gasteiger partial charge in [-0.2, -0.15) is 0 Å². The van der Waals surface area contributed by atoms with Crippen molar-refractivity contribution in [3.8, 4) is 11.1 Å². The van der Waals surface area contributed by atoms with Crippen LogP contribution in [0.15, 0.2) is 66.7 Å². The summed E-state index contributed by atoms with van der Waals surface area (Å²) in [4.78, 5) is 0. The summed E-state index contributed by atoms with van der Waals surface area (Å²) in [5.41, 5.74) is 13.7. The number of anilines is 3. The van der Waals surface area contributed by atoms with Gasteiger partial charge in [0, 0.05) is 22.6 Å². The first-order valence-electron chi connectivity index (χ1n) is 7.34. The van der Waals surface area contributed by atoms with Crippen molar-refractivity contribution in [2.45, 2.75) is 0 Å². The van der Waals surface area contributed by atoms with Crippen molar-refractivity contribution in [2.24, 2.45) is 0 Å². The van der Waals surface area contributed by atoms with Gasteiger partial charge in [-0.25, -0.2) is 0 Å². The first kappa shape index (κ1) is 12.7. The van der Waals surface area contributed by atoms with E-state index in [-0.39, 0.29) is 0 Å². The lowest BCUT2D eigenvalue weighted by Crippen LogP contribution is -1.95. The third-order valence-electron chi connectivity index (χ3n) is 4.00. The van der Waals surface area contributed by atoms with E-state index in [0.717, 1.165) is 28.2 Å². The Hall–Kier alpha value is -3.00. The lowest BCUT2D eigenvalue weighted by molar-refractivity contribution is 1.52. The standard InChI is InChI=1S/C20H16N2/c21-18-7-3-2-6-17(18)16-12-11-15-10-9-14-5-1-4-8-19(14)22-20(15)13-16/h1-13,22H,21H2. The molecule has 0 saturated carbocycles. The predicted molar refractivity (Wildman–Crippen MR) is 94.9 cm³/mol. The van der Waals surface area contributed by atoms with Gasteiger partial charge >= 0.3 is 0 Å². The highest BCUT2D eigenvalue weighted by Crippen LogP contribution is 2.34.